The number of halogens is 1. The van der Waals surface area contributed by atoms with Crippen LogP contribution in [0.5, 0.6) is 0 Å². The molecular weight excluding hydrogens is 345 g/mol. The molecule has 0 saturated heterocycles. The Morgan fingerprint density at radius 3 is 2.56 bits per heavy atom. The number of para-hydroxylation sites is 1. The maximum absolute atomic E-state index is 14.0. The summed E-state index contributed by atoms with van der Waals surface area (Å²) in [7, 11) is 0. The molecule has 27 heavy (non-hydrogen) atoms. The Labute approximate surface area is 156 Å². The Bertz CT molecular complexity index is 1050. The van der Waals surface area contributed by atoms with E-state index in [9.17, 15) is 14.0 Å². The molecule has 0 aliphatic rings. The van der Waals surface area contributed by atoms with Crippen LogP contribution >= 0.6 is 0 Å². The molecule has 0 saturated carbocycles. The Morgan fingerprint density at radius 2 is 1.81 bits per heavy atom. The average molecular weight is 365 g/mol. The molecule has 2 aromatic carbocycles. The maximum Gasteiger partial charge on any atom is 0.228 e. The summed E-state index contributed by atoms with van der Waals surface area (Å²) in [6.07, 6.45) is 0.0826. The molecule has 0 aliphatic heterocycles. The van der Waals surface area contributed by atoms with E-state index in [2.05, 4.69) is 15.6 Å². The summed E-state index contributed by atoms with van der Waals surface area (Å²) < 4.78 is 14.0. The summed E-state index contributed by atoms with van der Waals surface area (Å²) in [4.78, 5) is 28.2. The molecule has 2 N–H and O–H groups in total. The number of carbonyl (C=O) groups excluding carboxylic acids is 2. The second-order valence-corrected chi connectivity index (χ2v) is 6.42. The van der Waals surface area contributed by atoms with E-state index >= 15 is 0 Å². The molecule has 5 nitrogen and oxygen atoms in total. The van der Waals surface area contributed by atoms with Gasteiger partial charge in [-0.15, -0.1) is 0 Å². The summed E-state index contributed by atoms with van der Waals surface area (Å²) >= 11 is 0. The third-order valence-electron chi connectivity index (χ3n) is 4.38. The zero-order valence-corrected chi connectivity index (χ0v) is 15.4. The van der Waals surface area contributed by atoms with E-state index in [0.717, 1.165) is 27.7 Å². The van der Waals surface area contributed by atoms with E-state index in [1.165, 1.54) is 25.1 Å². The van der Waals surface area contributed by atoms with Gasteiger partial charge in [0.25, 0.3) is 0 Å². The summed E-state index contributed by atoms with van der Waals surface area (Å²) in [5.41, 5.74) is 3.90. The van der Waals surface area contributed by atoms with Crippen molar-refractivity contribution < 1.29 is 14.0 Å². The Hall–Kier alpha value is -3.28. The van der Waals surface area contributed by atoms with Crippen molar-refractivity contribution >= 4 is 34.1 Å². The summed E-state index contributed by atoms with van der Waals surface area (Å²) in [6.45, 7) is 5.18. The molecule has 2 amide bonds. The van der Waals surface area contributed by atoms with Gasteiger partial charge in [-0.25, -0.2) is 4.39 Å². The summed E-state index contributed by atoms with van der Waals surface area (Å²) in [6, 6.07) is 11.8. The van der Waals surface area contributed by atoms with Gasteiger partial charge in [-0.05, 0) is 49.2 Å². The average Bonchev–Trinajstić information content (AvgIpc) is 2.61. The van der Waals surface area contributed by atoms with Crippen molar-refractivity contribution in [1.29, 1.82) is 0 Å². The third-order valence-corrected chi connectivity index (χ3v) is 4.38. The Morgan fingerprint density at radius 1 is 1.07 bits per heavy atom. The van der Waals surface area contributed by atoms with Crippen LogP contribution in [0, 0.1) is 19.7 Å². The van der Waals surface area contributed by atoms with Gasteiger partial charge in [-0.1, -0.05) is 18.2 Å². The molecule has 0 spiro atoms. The quantitative estimate of drug-likeness (QED) is 0.730. The minimum atomic E-state index is -0.567. The molecule has 3 rings (SSSR count). The topological polar surface area (TPSA) is 71.1 Å². The largest absolute Gasteiger partial charge is 0.326 e. The van der Waals surface area contributed by atoms with E-state index in [1.54, 1.807) is 0 Å². The predicted molar refractivity (Wildman–Crippen MR) is 104 cm³/mol. The first-order valence-corrected chi connectivity index (χ1v) is 8.57. The molecule has 6 heteroatoms. The lowest BCUT2D eigenvalue weighted by Crippen LogP contribution is -2.17. The highest BCUT2D eigenvalue weighted by atomic mass is 19.1. The molecule has 3 aromatic rings. The van der Waals surface area contributed by atoms with Crippen LogP contribution in [0.2, 0.25) is 0 Å². The molecule has 1 heterocycles. The number of nitrogens with zero attached hydrogens (tertiary/aromatic N) is 1. The predicted octanol–water partition coefficient (Wildman–Crippen LogP) is 4.13. The van der Waals surface area contributed by atoms with Gasteiger partial charge in [0.05, 0.1) is 17.6 Å². The van der Waals surface area contributed by atoms with Gasteiger partial charge in [0.1, 0.15) is 5.82 Å². The smallest absolute Gasteiger partial charge is 0.228 e. The molecule has 0 aliphatic carbocycles. The molecular formula is C21H20FN3O2. The van der Waals surface area contributed by atoms with Gasteiger partial charge in [-0.2, -0.15) is 0 Å². The van der Waals surface area contributed by atoms with E-state index in [1.807, 2.05) is 38.1 Å². The number of fused-ring (bicyclic) bond motifs is 1. The van der Waals surface area contributed by atoms with Gasteiger partial charge in [0.2, 0.25) is 11.8 Å². The zero-order valence-electron chi connectivity index (χ0n) is 15.4. The summed E-state index contributed by atoms with van der Waals surface area (Å²) in [5.74, 6) is -1.19. The highest BCUT2D eigenvalue weighted by Crippen LogP contribution is 2.24. The second kappa shape index (κ2) is 7.53. The molecule has 138 valence electrons. The van der Waals surface area contributed by atoms with Crippen LogP contribution in [0.4, 0.5) is 15.8 Å². The number of hydrogen-bond acceptors (Lipinski definition) is 3. The van der Waals surface area contributed by atoms with Crippen LogP contribution in [-0.2, 0) is 16.0 Å². The number of aryl methyl sites for hydroxylation is 2. The molecule has 0 radical (unpaired) electrons. The number of rotatable bonds is 4. The number of hydrogen-bond donors (Lipinski definition) is 2. The Kier molecular flexibility index (Phi) is 5.16. The number of pyridine rings is 1. The van der Waals surface area contributed by atoms with Gasteiger partial charge in [0, 0.05) is 23.7 Å². The first kappa shape index (κ1) is 18.5. The number of aromatic nitrogens is 1. The highest BCUT2D eigenvalue weighted by Gasteiger charge is 2.15. The fourth-order valence-corrected chi connectivity index (χ4v) is 3.09. The SMILES string of the molecule is CC(=O)Nc1ccc(F)c(NC(=O)Cc2c(C)nc3ccccc3c2C)c1. The van der Waals surface area contributed by atoms with Crippen molar-refractivity contribution in [2.75, 3.05) is 10.6 Å². The first-order valence-electron chi connectivity index (χ1n) is 8.57. The standard InChI is InChI=1S/C21H20FN3O2/c1-12-16-6-4-5-7-19(16)23-13(2)17(12)11-21(27)25-20-10-15(24-14(3)26)8-9-18(20)22/h4-10H,11H2,1-3H3,(H,24,26)(H,25,27). The molecule has 0 fully saturated rings. The number of benzene rings is 2. The first-order chi connectivity index (χ1) is 12.8. The molecule has 1 aromatic heterocycles. The molecule has 0 atom stereocenters. The van der Waals surface area contributed by atoms with Crippen LogP contribution in [0.1, 0.15) is 23.7 Å². The highest BCUT2D eigenvalue weighted by molar-refractivity contribution is 5.95. The van der Waals surface area contributed by atoms with Crippen molar-refractivity contribution in [2.24, 2.45) is 0 Å². The third kappa shape index (κ3) is 4.11. The van der Waals surface area contributed by atoms with Crippen LogP contribution in [0.15, 0.2) is 42.5 Å². The van der Waals surface area contributed by atoms with Crippen molar-refractivity contribution in [2.45, 2.75) is 27.2 Å². The number of carbonyl (C=O) groups is 2. The minimum absolute atomic E-state index is 0.0234. The Balaban J connectivity index is 1.84. The van der Waals surface area contributed by atoms with Crippen LogP contribution in [0.3, 0.4) is 0 Å². The summed E-state index contributed by atoms with van der Waals surface area (Å²) in [5, 5.41) is 6.14. The van der Waals surface area contributed by atoms with Crippen LogP contribution in [0.25, 0.3) is 10.9 Å². The lowest BCUT2D eigenvalue weighted by molar-refractivity contribution is -0.116. The van der Waals surface area contributed by atoms with Crippen molar-refractivity contribution in [3.05, 3.63) is 65.1 Å². The van der Waals surface area contributed by atoms with E-state index in [-0.39, 0.29) is 23.9 Å². The lowest BCUT2D eigenvalue weighted by atomic mass is 9.99. The molecule has 0 unspecified atom stereocenters. The zero-order chi connectivity index (χ0) is 19.6. The van der Waals surface area contributed by atoms with Gasteiger partial charge in [0.15, 0.2) is 0 Å². The van der Waals surface area contributed by atoms with E-state index in [0.29, 0.717) is 5.69 Å². The van der Waals surface area contributed by atoms with Gasteiger partial charge < -0.3 is 10.6 Å². The lowest BCUT2D eigenvalue weighted by Gasteiger charge is -2.13. The fourth-order valence-electron chi connectivity index (χ4n) is 3.09. The van der Waals surface area contributed by atoms with Gasteiger partial charge in [-0.3, -0.25) is 14.6 Å². The van der Waals surface area contributed by atoms with E-state index in [4.69, 9.17) is 0 Å². The number of anilines is 2. The normalized spacial score (nSPS) is 10.7. The monoisotopic (exact) mass is 365 g/mol. The number of amides is 2. The van der Waals surface area contributed by atoms with Crippen molar-refractivity contribution in [3.8, 4) is 0 Å². The fraction of sp³-hybridized carbons (Fsp3) is 0.190. The second-order valence-electron chi connectivity index (χ2n) is 6.42. The molecule has 0 bridgehead atoms. The van der Waals surface area contributed by atoms with Crippen molar-refractivity contribution in [1.82, 2.24) is 4.98 Å². The van der Waals surface area contributed by atoms with Crippen molar-refractivity contribution in [3.63, 3.8) is 0 Å². The van der Waals surface area contributed by atoms with Crippen LogP contribution < -0.4 is 10.6 Å². The number of nitrogens with one attached hydrogen (secondary N) is 2. The maximum atomic E-state index is 14.0. The minimum Gasteiger partial charge on any atom is -0.326 e. The van der Waals surface area contributed by atoms with E-state index < -0.39 is 5.82 Å². The van der Waals surface area contributed by atoms with Crippen LogP contribution in [-0.4, -0.2) is 16.8 Å². The van der Waals surface area contributed by atoms with Gasteiger partial charge >= 0.3 is 0 Å².